The van der Waals surface area contributed by atoms with E-state index >= 15 is 0 Å². The van der Waals surface area contributed by atoms with Crippen LogP contribution in [0.15, 0.2) is 17.3 Å². The molecule has 0 atom stereocenters. The predicted octanol–water partition coefficient (Wildman–Crippen LogP) is 1.15. The summed E-state index contributed by atoms with van der Waals surface area (Å²) < 4.78 is 27.1. The second kappa shape index (κ2) is 7.12. The topological polar surface area (TPSA) is 99.8 Å². The van der Waals surface area contributed by atoms with Gasteiger partial charge in [0.2, 0.25) is 10.0 Å². The average Bonchev–Trinajstić information content (AvgIpc) is 3.07. The number of hydrogen-bond acceptors (Lipinski definition) is 6. The maximum Gasteiger partial charge on any atom is 0.242 e. The molecule has 0 spiro atoms. The molecule has 0 aliphatic rings. The van der Waals surface area contributed by atoms with Crippen LogP contribution in [0.3, 0.4) is 0 Å². The summed E-state index contributed by atoms with van der Waals surface area (Å²) in [4.78, 5) is 6.02. The number of nitrogens with zero attached hydrogens (tertiary/aromatic N) is 2. The summed E-state index contributed by atoms with van der Waals surface area (Å²) in [5.74, 6) is 0.483. The summed E-state index contributed by atoms with van der Waals surface area (Å²) in [6.07, 6.45) is 2.39. The third kappa shape index (κ3) is 4.34. The Labute approximate surface area is 128 Å². The maximum absolute atomic E-state index is 12.3. The van der Waals surface area contributed by atoms with Gasteiger partial charge in [-0.2, -0.15) is 5.10 Å². The SMILES string of the molecule is CCCNCc1cc(S(=O)(=O)NCc2ncn[nH]2)c(C)s1. The summed E-state index contributed by atoms with van der Waals surface area (Å²) in [5, 5.41) is 9.57. The van der Waals surface area contributed by atoms with Crippen LogP contribution in [0.4, 0.5) is 0 Å². The second-order valence-electron chi connectivity index (χ2n) is 4.57. The number of hydrogen-bond donors (Lipinski definition) is 3. The fraction of sp³-hybridized carbons (Fsp3) is 0.500. The van der Waals surface area contributed by atoms with E-state index < -0.39 is 10.0 Å². The van der Waals surface area contributed by atoms with Gasteiger partial charge in [-0.1, -0.05) is 6.92 Å². The van der Waals surface area contributed by atoms with Gasteiger partial charge in [0.05, 0.1) is 11.4 Å². The average molecular weight is 329 g/mol. The molecule has 2 aromatic rings. The van der Waals surface area contributed by atoms with Gasteiger partial charge < -0.3 is 5.32 Å². The van der Waals surface area contributed by atoms with Crippen molar-refractivity contribution < 1.29 is 8.42 Å². The molecule has 0 unspecified atom stereocenters. The Bertz CT molecular complexity index is 664. The van der Waals surface area contributed by atoms with E-state index in [1.807, 2.05) is 6.92 Å². The van der Waals surface area contributed by atoms with Gasteiger partial charge in [0.15, 0.2) is 0 Å². The quantitative estimate of drug-likeness (QED) is 0.631. The highest BCUT2D eigenvalue weighted by Gasteiger charge is 2.20. The van der Waals surface area contributed by atoms with E-state index in [4.69, 9.17) is 0 Å². The number of aryl methyl sites for hydroxylation is 1. The molecule has 0 saturated heterocycles. The number of sulfonamides is 1. The van der Waals surface area contributed by atoms with Crippen LogP contribution < -0.4 is 10.0 Å². The van der Waals surface area contributed by atoms with Crippen molar-refractivity contribution in [2.45, 2.75) is 38.3 Å². The number of H-pyrrole nitrogens is 1. The summed E-state index contributed by atoms with van der Waals surface area (Å²) >= 11 is 1.50. The van der Waals surface area contributed by atoms with Gasteiger partial charge in [-0.05, 0) is 26.0 Å². The Morgan fingerprint density at radius 3 is 2.86 bits per heavy atom. The van der Waals surface area contributed by atoms with E-state index in [1.165, 1.54) is 17.7 Å². The van der Waals surface area contributed by atoms with Crippen LogP contribution in [0.5, 0.6) is 0 Å². The molecule has 9 heteroatoms. The number of rotatable bonds is 8. The molecule has 2 aromatic heterocycles. The second-order valence-corrected chi connectivity index (χ2v) is 7.64. The Kier molecular flexibility index (Phi) is 5.45. The zero-order chi connectivity index (χ0) is 15.3. The van der Waals surface area contributed by atoms with Crippen LogP contribution in [0.2, 0.25) is 0 Å². The third-order valence-electron chi connectivity index (χ3n) is 2.83. The first kappa shape index (κ1) is 16.1. The van der Waals surface area contributed by atoms with Gasteiger partial charge in [0, 0.05) is 16.3 Å². The van der Waals surface area contributed by atoms with Crippen LogP contribution in [0.1, 0.15) is 28.9 Å². The van der Waals surface area contributed by atoms with Crippen molar-refractivity contribution in [3.05, 3.63) is 28.0 Å². The normalized spacial score (nSPS) is 11.9. The van der Waals surface area contributed by atoms with Crippen molar-refractivity contribution in [3.8, 4) is 0 Å². The highest BCUT2D eigenvalue weighted by atomic mass is 32.2. The lowest BCUT2D eigenvalue weighted by Gasteiger charge is -2.04. The molecule has 2 heterocycles. The van der Waals surface area contributed by atoms with Crippen molar-refractivity contribution in [1.29, 1.82) is 0 Å². The van der Waals surface area contributed by atoms with E-state index in [0.29, 0.717) is 17.3 Å². The molecule has 0 aliphatic heterocycles. The number of aromatic amines is 1. The van der Waals surface area contributed by atoms with Crippen LogP contribution in [-0.4, -0.2) is 30.1 Å². The zero-order valence-corrected chi connectivity index (χ0v) is 13.6. The van der Waals surface area contributed by atoms with Crippen molar-refractivity contribution >= 4 is 21.4 Å². The summed E-state index contributed by atoms with van der Waals surface area (Å²) in [6, 6.07) is 1.73. The molecular weight excluding hydrogens is 310 g/mol. The molecule has 0 aliphatic carbocycles. The standard InChI is InChI=1S/C12H19N5O2S2/c1-3-4-13-6-10-5-11(9(2)20-10)21(18,19)16-7-12-14-8-15-17-12/h5,8,13,16H,3-4,6-7H2,1-2H3,(H,14,15,17). The predicted molar refractivity (Wildman–Crippen MR) is 81.5 cm³/mol. The first-order chi connectivity index (χ1) is 10.0. The summed E-state index contributed by atoms with van der Waals surface area (Å²) in [5.41, 5.74) is 0. The maximum atomic E-state index is 12.3. The van der Waals surface area contributed by atoms with Crippen LogP contribution in [0, 0.1) is 6.92 Å². The molecule has 0 amide bonds. The largest absolute Gasteiger partial charge is 0.312 e. The fourth-order valence-corrected chi connectivity index (χ4v) is 4.41. The molecule has 0 fully saturated rings. The first-order valence-corrected chi connectivity index (χ1v) is 8.97. The Hall–Kier alpha value is -1.29. The van der Waals surface area contributed by atoms with Crippen molar-refractivity contribution in [2.24, 2.45) is 0 Å². The first-order valence-electron chi connectivity index (χ1n) is 6.67. The monoisotopic (exact) mass is 329 g/mol. The van der Waals surface area contributed by atoms with Crippen molar-refractivity contribution in [1.82, 2.24) is 25.2 Å². The number of thiophene rings is 1. The van der Waals surface area contributed by atoms with E-state index in [2.05, 4.69) is 32.1 Å². The van der Waals surface area contributed by atoms with Gasteiger partial charge in [-0.25, -0.2) is 18.1 Å². The minimum absolute atomic E-state index is 0.0983. The van der Waals surface area contributed by atoms with Crippen LogP contribution in [-0.2, 0) is 23.1 Å². The molecule has 3 N–H and O–H groups in total. The van der Waals surface area contributed by atoms with Crippen LogP contribution in [0.25, 0.3) is 0 Å². The van der Waals surface area contributed by atoms with Gasteiger partial charge in [0.1, 0.15) is 12.2 Å². The molecule has 0 aromatic carbocycles. The van der Waals surface area contributed by atoms with Crippen LogP contribution >= 0.6 is 11.3 Å². The molecule has 2 rings (SSSR count). The molecule has 0 saturated carbocycles. The molecule has 7 nitrogen and oxygen atoms in total. The smallest absolute Gasteiger partial charge is 0.242 e. The highest BCUT2D eigenvalue weighted by Crippen LogP contribution is 2.25. The number of nitrogens with one attached hydrogen (secondary N) is 3. The summed E-state index contributed by atoms with van der Waals surface area (Å²) in [7, 11) is -3.53. The van der Waals surface area contributed by atoms with E-state index in [1.54, 1.807) is 6.07 Å². The van der Waals surface area contributed by atoms with Gasteiger partial charge in [-0.15, -0.1) is 11.3 Å². The van der Waals surface area contributed by atoms with E-state index in [9.17, 15) is 8.42 Å². The minimum atomic E-state index is -3.53. The van der Waals surface area contributed by atoms with Crippen molar-refractivity contribution in [2.75, 3.05) is 6.54 Å². The number of aromatic nitrogens is 3. The molecular formula is C12H19N5O2S2. The lowest BCUT2D eigenvalue weighted by Crippen LogP contribution is -2.24. The Morgan fingerprint density at radius 1 is 1.38 bits per heavy atom. The Morgan fingerprint density at radius 2 is 2.19 bits per heavy atom. The minimum Gasteiger partial charge on any atom is -0.312 e. The van der Waals surface area contributed by atoms with E-state index in [0.717, 1.165) is 22.7 Å². The van der Waals surface area contributed by atoms with E-state index in [-0.39, 0.29) is 6.54 Å². The highest BCUT2D eigenvalue weighted by molar-refractivity contribution is 7.89. The molecule has 21 heavy (non-hydrogen) atoms. The fourth-order valence-electron chi connectivity index (χ4n) is 1.82. The molecule has 0 radical (unpaired) electrons. The molecule has 0 bridgehead atoms. The summed E-state index contributed by atoms with van der Waals surface area (Å²) in [6.45, 7) is 5.62. The lowest BCUT2D eigenvalue weighted by molar-refractivity contribution is 0.579. The van der Waals surface area contributed by atoms with Gasteiger partial charge in [-0.3, -0.25) is 5.10 Å². The lowest BCUT2D eigenvalue weighted by atomic mass is 10.4. The van der Waals surface area contributed by atoms with Crippen molar-refractivity contribution in [3.63, 3.8) is 0 Å². The third-order valence-corrected chi connectivity index (χ3v) is 5.54. The van der Waals surface area contributed by atoms with Gasteiger partial charge >= 0.3 is 0 Å². The molecule has 116 valence electrons. The Balaban J connectivity index is 2.05. The zero-order valence-electron chi connectivity index (χ0n) is 12.0. The van der Waals surface area contributed by atoms with Gasteiger partial charge in [0.25, 0.3) is 0 Å².